The van der Waals surface area contributed by atoms with Gasteiger partial charge in [0.15, 0.2) is 0 Å². The molecule has 5 heteroatoms. The summed E-state index contributed by atoms with van der Waals surface area (Å²) in [5, 5.41) is 12.1. The Morgan fingerprint density at radius 2 is 2.00 bits per heavy atom. The van der Waals surface area contributed by atoms with Crippen LogP contribution < -0.4 is 10.1 Å². The Balaban J connectivity index is 1.77. The van der Waals surface area contributed by atoms with E-state index >= 15 is 0 Å². The van der Waals surface area contributed by atoms with Crippen LogP contribution in [-0.4, -0.2) is 23.7 Å². The van der Waals surface area contributed by atoms with Gasteiger partial charge in [-0.3, -0.25) is 4.79 Å². The lowest BCUT2D eigenvalue weighted by Gasteiger charge is -2.15. The quantitative estimate of drug-likeness (QED) is 0.862. The second-order valence-electron chi connectivity index (χ2n) is 5.03. The van der Waals surface area contributed by atoms with Gasteiger partial charge in [0.25, 0.3) is 0 Å². The smallest absolute Gasteiger partial charge is 0.224 e. The van der Waals surface area contributed by atoms with Crippen molar-refractivity contribution in [3.05, 3.63) is 59.9 Å². The number of hydrogen-bond acceptors (Lipinski definition) is 3. The van der Waals surface area contributed by atoms with Crippen LogP contribution in [0.2, 0.25) is 0 Å². The Hall–Kier alpha value is -2.56. The summed E-state index contributed by atoms with van der Waals surface area (Å²) in [5.74, 6) is 0.217. The average molecular weight is 303 g/mol. The zero-order chi connectivity index (χ0) is 15.9. The lowest BCUT2D eigenvalue weighted by atomic mass is 10.1. The van der Waals surface area contributed by atoms with Crippen LogP contribution in [0.4, 0.5) is 4.39 Å². The molecule has 0 bridgehead atoms. The highest BCUT2D eigenvalue weighted by molar-refractivity contribution is 5.78. The summed E-state index contributed by atoms with van der Waals surface area (Å²) in [6, 6.07) is 12.3. The Morgan fingerprint density at radius 3 is 2.68 bits per heavy atom. The highest BCUT2D eigenvalue weighted by Crippen LogP contribution is 2.13. The predicted molar refractivity (Wildman–Crippen MR) is 81.3 cm³/mol. The van der Waals surface area contributed by atoms with Gasteiger partial charge in [-0.1, -0.05) is 12.1 Å². The van der Waals surface area contributed by atoms with Crippen LogP contribution in [0.5, 0.6) is 11.5 Å². The minimum absolute atomic E-state index is 0.137. The molecule has 2 aromatic carbocycles. The number of nitrogens with one attached hydrogen (secondary N) is 1. The van der Waals surface area contributed by atoms with E-state index in [2.05, 4.69) is 5.32 Å². The fourth-order valence-electron chi connectivity index (χ4n) is 1.96. The molecular formula is C17H18FNO3. The van der Waals surface area contributed by atoms with Crippen LogP contribution in [0.1, 0.15) is 12.5 Å². The highest BCUT2D eigenvalue weighted by atomic mass is 19.1. The number of hydrogen-bond donors (Lipinski definition) is 2. The van der Waals surface area contributed by atoms with Gasteiger partial charge in [-0.05, 0) is 48.9 Å². The van der Waals surface area contributed by atoms with E-state index in [4.69, 9.17) is 4.74 Å². The highest BCUT2D eigenvalue weighted by Gasteiger charge is 2.08. The van der Waals surface area contributed by atoms with Gasteiger partial charge in [0.1, 0.15) is 23.4 Å². The summed E-state index contributed by atoms with van der Waals surface area (Å²) in [7, 11) is 0. The van der Waals surface area contributed by atoms with E-state index in [1.54, 1.807) is 36.4 Å². The normalized spacial score (nSPS) is 11.7. The van der Waals surface area contributed by atoms with Crippen molar-refractivity contribution in [2.45, 2.75) is 19.4 Å². The molecule has 116 valence electrons. The molecule has 0 fully saturated rings. The molecule has 0 aliphatic rings. The van der Waals surface area contributed by atoms with Gasteiger partial charge in [0, 0.05) is 0 Å². The standard InChI is InChI=1S/C17H18FNO3/c1-12(22-16-7-5-14(18)6-8-16)11-19-17(21)10-13-3-2-4-15(20)9-13/h2-9,12,20H,10-11H2,1H3,(H,19,21)/t12-/m0/s1. The van der Waals surface area contributed by atoms with Crippen molar-refractivity contribution in [3.8, 4) is 11.5 Å². The third-order valence-corrected chi connectivity index (χ3v) is 3.01. The number of phenolic OH excluding ortho intramolecular Hbond substituents is 1. The first kappa shape index (κ1) is 15.8. The molecule has 0 heterocycles. The SMILES string of the molecule is C[C@@H](CNC(=O)Cc1cccc(O)c1)Oc1ccc(F)cc1. The van der Waals surface area contributed by atoms with Crippen molar-refractivity contribution in [1.29, 1.82) is 0 Å². The van der Waals surface area contributed by atoms with Crippen molar-refractivity contribution >= 4 is 5.91 Å². The molecule has 22 heavy (non-hydrogen) atoms. The summed E-state index contributed by atoms with van der Waals surface area (Å²) in [6.45, 7) is 2.16. The molecule has 1 amide bonds. The molecule has 0 unspecified atom stereocenters. The minimum Gasteiger partial charge on any atom is -0.508 e. The first-order valence-corrected chi connectivity index (χ1v) is 7.00. The molecule has 0 aromatic heterocycles. The Bertz CT molecular complexity index is 628. The number of amides is 1. The van der Waals surface area contributed by atoms with E-state index in [0.717, 1.165) is 5.56 Å². The molecule has 2 aromatic rings. The third-order valence-electron chi connectivity index (χ3n) is 3.01. The fraction of sp³-hybridized carbons (Fsp3) is 0.235. The molecule has 0 radical (unpaired) electrons. The Morgan fingerprint density at radius 1 is 1.27 bits per heavy atom. The van der Waals surface area contributed by atoms with Gasteiger partial charge in [-0.25, -0.2) is 4.39 Å². The Kier molecular flexibility index (Phi) is 5.36. The van der Waals surface area contributed by atoms with Crippen LogP contribution in [-0.2, 0) is 11.2 Å². The summed E-state index contributed by atoms with van der Waals surface area (Å²) < 4.78 is 18.4. The predicted octanol–water partition coefficient (Wildman–Crippen LogP) is 2.66. The molecule has 0 saturated heterocycles. The molecule has 2 rings (SSSR count). The molecular weight excluding hydrogens is 285 g/mol. The van der Waals surface area contributed by atoms with Crippen LogP contribution in [0, 0.1) is 5.82 Å². The van der Waals surface area contributed by atoms with Gasteiger partial charge in [-0.15, -0.1) is 0 Å². The molecule has 0 aliphatic carbocycles. The lowest BCUT2D eigenvalue weighted by Crippen LogP contribution is -2.34. The topological polar surface area (TPSA) is 58.6 Å². The number of halogens is 1. The van der Waals surface area contributed by atoms with E-state index in [1.807, 2.05) is 6.92 Å². The van der Waals surface area contributed by atoms with Crippen molar-refractivity contribution < 1.29 is 19.0 Å². The van der Waals surface area contributed by atoms with Gasteiger partial charge in [0.2, 0.25) is 5.91 Å². The van der Waals surface area contributed by atoms with E-state index in [9.17, 15) is 14.3 Å². The number of carbonyl (C=O) groups is 1. The minimum atomic E-state index is -0.320. The first-order valence-electron chi connectivity index (χ1n) is 7.00. The van der Waals surface area contributed by atoms with E-state index in [1.165, 1.54) is 12.1 Å². The summed E-state index contributed by atoms with van der Waals surface area (Å²) in [6.07, 6.45) is -0.0453. The van der Waals surface area contributed by atoms with Crippen molar-refractivity contribution in [2.24, 2.45) is 0 Å². The fourth-order valence-corrected chi connectivity index (χ4v) is 1.96. The summed E-state index contributed by atoms with van der Waals surface area (Å²) in [4.78, 5) is 11.8. The monoisotopic (exact) mass is 303 g/mol. The maximum Gasteiger partial charge on any atom is 0.224 e. The maximum absolute atomic E-state index is 12.8. The van der Waals surface area contributed by atoms with Gasteiger partial charge < -0.3 is 15.2 Å². The average Bonchev–Trinajstić information content (AvgIpc) is 2.48. The van der Waals surface area contributed by atoms with Crippen LogP contribution in [0.15, 0.2) is 48.5 Å². The summed E-state index contributed by atoms with van der Waals surface area (Å²) >= 11 is 0. The second kappa shape index (κ2) is 7.45. The van der Waals surface area contributed by atoms with Crippen molar-refractivity contribution in [3.63, 3.8) is 0 Å². The number of rotatable bonds is 6. The first-order chi connectivity index (χ1) is 10.5. The van der Waals surface area contributed by atoms with Crippen molar-refractivity contribution in [1.82, 2.24) is 5.32 Å². The maximum atomic E-state index is 12.8. The number of aromatic hydroxyl groups is 1. The zero-order valence-corrected chi connectivity index (χ0v) is 12.3. The molecule has 0 spiro atoms. The molecule has 4 nitrogen and oxygen atoms in total. The van der Waals surface area contributed by atoms with Gasteiger partial charge >= 0.3 is 0 Å². The van der Waals surface area contributed by atoms with E-state index in [-0.39, 0.29) is 30.0 Å². The largest absolute Gasteiger partial charge is 0.508 e. The van der Waals surface area contributed by atoms with E-state index < -0.39 is 0 Å². The third kappa shape index (κ3) is 5.09. The summed E-state index contributed by atoms with van der Waals surface area (Å²) in [5.41, 5.74) is 0.740. The second-order valence-corrected chi connectivity index (χ2v) is 5.03. The number of benzene rings is 2. The molecule has 2 N–H and O–H groups in total. The van der Waals surface area contributed by atoms with Crippen molar-refractivity contribution in [2.75, 3.05) is 6.54 Å². The molecule has 0 saturated carbocycles. The van der Waals surface area contributed by atoms with Crippen LogP contribution in [0.3, 0.4) is 0 Å². The lowest BCUT2D eigenvalue weighted by molar-refractivity contribution is -0.120. The molecule has 0 aliphatic heterocycles. The van der Waals surface area contributed by atoms with Crippen LogP contribution in [0.25, 0.3) is 0 Å². The number of carbonyl (C=O) groups excluding carboxylic acids is 1. The van der Waals surface area contributed by atoms with E-state index in [0.29, 0.717) is 12.3 Å². The van der Waals surface area contributed by atoms with Gasteiger partial charge in [-0.2, -0.15) is 0 Å². The number of phenols is 1. The Labute approximate surface area is 128 Å². The van der Waals surface area contributed by atoms with Gasteiger partial charge in [0.05, 0.1) is 13.0 Å². The van der Waals surface area contributed by atoms with Crippen LogP contribution >= 0.6 is 0 Å². The zero-order valence-electron chi connectivity index (χ0n) is 12.3. The number of ether oxygens (including phenoxy) is 1. The molecule has 1 atom stereocenters.